The Balaban J connectivity index is 1.30. The van der Waals surface area contributed by atoms with Crippen LogP contribution in [-0.2, 0) is 0 Å². The zero-order chi connectivity index (χ0) is 20.6. The number of benzene rings is 3. The average molecular weight is 401 g/mol. The molecule has 0 radical (unpaired) electrons. The lowest BCUT2D eigenvalue weighted by molar-refractivity contribution is 0.109. The van der Waals surface area contributed by atoms with Gasteiger partial charge in [0.25, 0.3) is 0 Å². The van der Waals surface area contributed by atoms with E-state index in [2.05, 4.69) is 75.8 Å². The van der Waals surface area contributed by atoms with Crippen LogP contribution >= 0.6 is 0 Å². The van der Waals surface area contributed by atoms with Gasteiger partial charge < -0.3 is 16.0 Å². The second kappa shape index (κ2) is 10.3. The van der Waals surface area contributed by atoms with Crippen LogP contribution in [0.3, 0.4) is 0 Å². The van der Waals surface area contributed by atoms with E-state index in [4.69, 9.17) is 5.73 Å². The Morgan fingerprint density at radius 1 is 0.733 bits per heavy atom. The smallest absolute Gasteiger partial charge is 0.0602 e. The van der Waals surface area contributed by atoms with Gasteiger partial charge in [0.1, 0.15) is 0 Å². The Bertz CT molecular complexity index is 850. The lowest BCUT2D eigenvalue weighted by atomic mass is 9.96. The Morgan fingerprint density at radius 3 is 1.90 bits per heavy atom. The number of hydrogen-bond acceptors (Lipinski definition) is 4. The van der Waals surface area contributed by atoms with Crippen LogP contribution in [0.5, 0.6) is 0 Å². The molecule has 0 saturated carbocycles. The summed E-state index contributed by atoms with van der Waals surface area (Å²) in [7, 11) is 0. The first-order valence-corrected chi connectivity index (χ1v) is 11.0. The fourth-order valence-electron chi connectivity index (χ4n) is 4.31. The fraction of sp³-hybridized carbons (Fsp3) is 0.308. The third-order valence-electron chi connectivity index (χ3n) is 5.93. The van der Waals surface area contributed by atoms with Gasteiger partial charge >= 0.3 is 0 Å². The topological polar surface area (TPSA) is 44.5 Å². The molecule has 3 N–H and O–H groups in total. The molecule has 0 atom stereocenters. The van der Waals surface area contributed by atoms with Crippen molar-refractivity contribution >= 4 is 11.4 Å². The third kappa shape index (κ3) is 5.21. The monoisotopic (exact) mass is 400 g/mol. The molecule has 0 aromatic heterocycles. The molecule has 0 bridgehead atoms. The Labute approximate surface area is 180 Å². The number of nitrogens with one attached hydrogen (secondary N) is 1. The van der Waals surface area contributed by atoms with Gasteiger partial charge in [0.05, 0.1) is 17.4 Å². The highest BCUT2D eigenvalue weighted by Crippen LogP contribution is 2.29. The zero-order valence-electron chi connectivity index (χ0n) is 17.6. The van der Waals surface area contributed by atoms with Crippen molar-refractivity contribution in [2.45, 2.75) is 12.5 Å². The van der Waals surface area contributed by atoms with Gasteiger partial charge in [0.2, 0.25) is 0 Å². The molecule has 4 heteroatoms. The fourth-order valence-corrected chi connectivity index (χ4v) is 4.31. The number of nitrogens with two attached hydrogens (primary N) is 1. The van der Waals surface area contributed by atoms with Crippen molar-refractivity contribution in [2.75, 3.05) is 50.3 Å². The van der Waals surface area contributed by atoms with Gasteiger partial charge in [-0.15, -0.1) is 0 Å². The van der Waals surface area contributed by atoms with E-state index in [-0.39, 0.29) is 0 Å². The largest absolute Gasteiger partial charge is 0.397 e. The standard InChI is InChI=1S/C26H32N4/c27-24-14-7-8-15-25(24)28-16-9-17-29-18-20-30(21-19-29)26(22-10-3-1-4-11-22)23-12-5-2-6-13-23/h1-8,10-15,26,28H,9,16-21,27H2. The molecular weight excluding hydrogens is 368 g/mol. The Kier molecular flexibility index (Phi) is 7.01. The third-order valence-corrected chi connectivity index (χ3v) is 5.93. The van der Waals surface area contributed by atoms with E-state index < -0.39 is 0 Å². The number of nitrogens with zero attached hydrogens (tertiary/aromatic N) is 2. The summed E-state index contributed by atoms with van der Waals surface area (Å²) >= 11 is 0. The van der Waals surface area contributed by atoms with Gasteiger partial charge in [-0.05, 0) is 36.2 Å². The first-order chi connectivity index (χ1) is 14.8. The summed E-state index contributed by atoms with van der Waals surface area (Å²) in [5, 5.41) is 3.46. The van der Waals surface area contributed by atoms with Gasteiger partial charge in [-0.2, -0.15) is 0 Å². The van der Waals surface area contributed by atoms with Gasteiger partial charge in [-0.3, -0.25) is 4.90 Å². The molecule has 1 fully saturated rings. The van der Waals surface area contributed by atoms with Gasteiger partial charge in [0, 0.05) is 32.7 Å². The molecule has 3 aromatic carbocycles. The number of nitrogen functional groups attached to an aromatic ring is 1. The van der Waals surface area contributed by atoms with E-state index in [1.165, 1.54) is 11.1 Å². The second-order valence-corrected chi connectivity index (χ2v) is 7.97. The van der Waals surface area contributed by atoms with Crippen molar-refractivity contribution in [1.82, 2.24) is 9.80 Å². The molecule has 4 nitrogen and oxygen atoms in total. The van der Waals surface area contributed by atoms with E-state index in [0.29, 0.717) is 6.04 Å². The minimum absolute atomic E-state index is 0.331. The van der Waals surface area contributed by atoms with Crippen LogP contribution in [0.1, 0.15) is 23.6 Å². The predicted octanol–water partition coefficient (Wildman–Crippen LogP) is 4.48. The number of hydrogen-bond donors (Lipinski definition) is 2. The summed E-state index contributed by atoms with van der Waals surface area (Å²) in [6, 6.07) is 30.1. The van der Waals surface area contributed by atoms with Crippen LogP contribution in [0.15, 0.2) is 84.9 Å². The Hall–Kier alpha value is -2.82. The number of para-hydroxylation sites is 2. The van der Waals surface area contributed by atoms with Crippen molar-refractivity contribution in [3.8, 4) is 0 Å². The lowest BCUT2D eigenvalue weighted by Crippen LogP contribution is -2.48. The zero-order valence-corrected chi connectivity index (χ0v) is 17.6. The summed E-state index contributed by atoms with van der Waals surface area (Å²) < 4.78 is 0. The molecule has 1 aliphatic rings. The van der Waals surface area contributed by atoms with E-state index in [9.17, 15) is 0 Å². The second-order valence-electron chi connectivity index (χ2n) is 7.97. The number of piperazine rings is 1. The molecule has 3 aromatic rings. The highest BCUT2D eigenvalue weighted by Gasteiger charge is 2.26. The molecule has 4 rings (SSSR count). The van der Waals surface area contributed by atoms with Crippen LogP contribution in [0.25, 0.3) is 0 Å². The first kappa shape index (κ1) is 20.5. The van der Waals surface area contributed by atoms with Crippen LogP contribution in [-0.4, -0.2) is 49.1 Å². The lowest BCUT2D eigenvalue weighted by Gasteiger charge is -2.39. The number of rotatable bonds is 8. The van der Waals surface area contributed by atoms with Crippen LogP contribution in [0.2, 0.25) is 0 Å². The minimum atomic E-state index is 0.331. The van der Waals surface area contributed by atoms with Gasteiger partial charge in [-0.1, -0.05) is 72.8 Å². The molecule has 0 amide bonds. The Morgan fingerprint density at radius 2 is 1.30 bits per heavy atom. The van der Waals surface area contributed by atoms with E-state index in [0.717, 1.165) is 57.1 Å². The molecule has 1 aliphatic heterocycles. The van der Waals surface area contributed by atoms with Crippen LogP contribution in [0.4, 0.5) is 11.4 Å². The normalized spacial score (nSPS) is 15.4. The molecule has 0 spiro atoms. The van der Waals surface area contributed by atoms with Crippen molar-refractivity contribution in [2.24, 2.45) is 0 Å². The van der Waals surface area contributed by atoms with Crippen LogP contribution in [0, 0.1) is 0 Å². The average Bonchev–Trinajstić information content (AvgIpc) is 2.80. The first-order valence-electron chi connectivity index (χ1n) is 11.0. The maximum absolute atomic E-state index is 6.01. The molecule has 0 unspecified atom stereocenters. The quantitative estimate of drug-likeness (QED) is 0.432. The molecular formula is C26H32N4. The predicted molar refractivity (Wildman–Crippen MR) is 127 cm³/mol. The highest BCUT2D eigenvalue weighted by molar-refractivity contribution is 5.65. The highest BCUT2D eigenvalue weighted by atomic mass is 15.3. The van der Waals surface area contributed by atoms with Crippen molar-refractivity contribution in [3.63, 3.8) is 0 Å². The summed E-state index contributed by atoms with van der Waals surface area (Å²) in [5.74, 6) is 0. The van der Waals surface area contributed by atoms with Gasteiger partial charge in [-0.25, -0.2) is 0 Å². The van der Waals surface area contributed by atoms with Crippen molar-refractivity contribution in [1.29, 1.82) is 0 Å². The van der Waals surface area contributed by atoms with Crippen LogP contribution < -0.4 is 11.1 Å². The maximum Gasteiger partial charge on any atom is 0.0602 e. The summed E-state index contributed by atoms with van der Waals surface area (Å²) in [6.45, 7) is 6.48. The summed E-state index contributed by atoms with van der Waals surface area (Å²) in [5.41, 5.74) is 10.6. The van der Waals surface area contributed by atoms with Crippen molar-refractivity contribution in [3.05, 3.63) is 96.1 Å². The SMILES string of the molecule is Nc1ccccc1NCCCN1CCN(C(c2ccccc2)c2ccccc2)CC1. The molecule has 1 saturated heterocycles. The number of anilines is 2. The molecule has 30 heavy (non-hydrogen) atoms. The maximum atomic E-state index is 6.01. The van der Waals surface area contributed by atoms with E-state index >= 15 is 0 Å². The molecule has 1 heterocycles. The summed E-state index contributed by atoms with van der Waals surface area (Å²) in [6.07, 6.45) is 1.12. The molecule has 0 aliphatic carbocycles. The van der Waals surface area contributed by atoms with Crippen molar-refractivity contribution < 1.29 is 0 Å². The van der Waals surface area contributed by atoms with Gasteiger partial charge in [0.15, 0.2) is 0 Å². The van der Waals surface area contributed by atoms with E-state index in [1.54, 1.807) is 0 Å². The minimum Gasteiger partial charge on any atom is -0.397 e. The molecule has 156 valence electrons. The summed E-state index contributed by atoms with van der Waals surface area (Å²) in [4.78, 5) is 5.21. The van der Waals surface area contributed by atoms with E-state index in [1.807, 2.05) is 24.3 Å².